The lowest BCUT2D eigenvalue weighted by atomic mass is 9.67. The Morgan fingerprint density at radius 1 is 1.33 bits per heavy atom. The highest BCUT2D eigenvalue weighted by molar-refractivity contribution is 5.32. The smallest absolute Gasteiger partial charge is 0.0645 e. The van der Waals surface area contributed by atoms with Gasteiger partial charge in [-0.15, -0.1) is 0 Å². The third kappa shape index (κ3) is 1.85. The molecule has 3 rings (SSSR count). The molecule has 0 saturated heterocycles. The molecule has 0 radical (unpaired) electrons. The minimum absolute atomic E-state index is 0.125. The molecule has 3 nitrogen and oxygen atoms in total. The third-order valence-corrected chi connectivity index (χ3v) is 4.03. The summed E-state index contributed by atoms with van der Waals surface area (Å²) in [5.74, 6) is 0.876. The van der Waals surface area contributed by atoms with E-state index in [2.05, 4.69) is 18.2 Å². The van der Waals surface area contributed by atoms with Gasteiger partial charge in [-0.25, -0.2) is 4.68 Å². The Morgan fingerprint density at radius 3 is 2.78 bits per heavy atom. The maximum Gasteiger partial charge on any atom is 0.0645 e. The van der Waals surface area contributed by atoms with Crippen LogP contribution in [-0.2, 0) is 0 Å². The predicted molar refractivity (Wildman–Crippen MR) is 70.7 cm³/mol. The van der Waals surface area contributed by atoms with Crippen molar-refractivity contribution in [2.75, 3.05) is 0 Å². The second-order valence-corrected chi connectivity index (χ2v) is 5.04. The van der Waals surface area contributed by atoms with Crippen molar-refractivity contribution in [1.29, 1.82) is 0 Å². The van der Waals surface area contributed by atoms with Crippen molar-refractivity contribution in [1.82, 2.24) is 9.78 Å². The molecule has 1 heterocycles. The van der Waals surface area contributed by atoms with E-state index in [0.717, 1.165) is 18.5 Å². The van der Waals surface area contributed by atoms with Gasteiger partial charge in [0.05, 0.1) is 18.0 Å². The monoisotopic (exact) mass is 242 g/mol. The summed E-state index contributed by atoms with van der Waals surface area (Å²) < 4.78 is 1.91. The third-order valence-electron chi connectivity index (χ3n) is 4.03. The molecule has 0 amide bonds. The Morgan fingerprint density at radius 2 is 2.11 bits per heavy atom. The molecule has 1 aliphatic carbocycles. The van der Waals surface area contributed by atoms with E-state index in [1.54, 1.807) is 0 Å². The fourth-order valence-electron chi connectivity index (χ4n) is 2.87. The summed E-state index contributed by atoms with van der Waals surface area (Å²) in [6, 6.07) is 10.1. The van der Waals surface area contributed by atoms with Gasteiger partial charge in [0.1, 0.15) is 0 Å². The average molecular weight is 242 g/mol. The number of aliphatic hydroxyl groups excluding tert-OH is 1. The SMILES string of the molecule is CCC1C(O)CC1c1cnn(-c2ccccc2)c1. The molecule has 1 N–H and O–H groups in total. The van der Waals surface area contributed by atoms with E-state index in [4.69, 9.17) is 0 Å². The fraction of sp³-hybridized carbons (Fsp3) is 0.400. The summed E-state index contributed by atoms with van der Waals surface area (Å²) in [4.78, 5) is 0. The van der Waals surface area contributed by atoms with Crippen LogP contribution in [0.25, 0.3) is 5.69 Å². The molecule has 94 valence electrons. The van der Waals surface area contributed by atoms with Gasteiger partial charge in [0.15, 0.2) is 0 Å². The van der Waals surface area contributed by atoms with E-state index < -0.39 is 0 Å². The van der Waals surface area contributed by atoms with Gasteiger partial charge in [0.25, 0.3) is 0 Å². The molecular weight excluding hydrogens is 224 g/mol. The van der Waals surface area contributed by atoms with Gasteiger partial charge in [-0.1, -0.05) is 31.5 Å². The first kappa shape index (κ1) is 11.5. The predicted octanol–water partition coefficient (Wildman–Crippen LogP) is 2.75. The van der Waals surface area contributed by atoms with Crippen LogP contribution in [0, 0.1) is 5.92 Å². The number of nitrogens with zero attached hydrogens (tertiary/aromatic N) is 2. The van der Waals surface area contributed by atoms with Gasteiger partial charge in [-0.3, -0.25) is 0 Å². The zero-order valence-electron chi connectivity index (χ0n) is 10.5. The zero-order valence-corrected chi connectivity index (χ0v) is 10.5. The molecule has 3 atom stereocenters. The standard InChI is InChI=1S/C15H18N2O/c1-2-13-14(8-15(13)18)11-9-16-17(10-11)12-6-4-3-5-7-12/h3-7,9-10,13-15,18H,2,8H2,1H3. The molecule has 1 aromatic carbocycles. The largest absolute Gasteiger partial charge is 0.393 e. The van der Waals surface area contributed by atoms with E-state index in [9.17, 15) is 5.11 Å². The van der Waals surface area contributed by atoms with Crippen LogP contribution in [0.4, 0.5) is 0 Å². The van der Waals surface area contributed by atoms with E-state index in [1.807, 2.05) is 41.2 Å². The molecule has 2 aromatic rings. The first-order chi connectivity index (χ1) is 8.79. The first-order valence-electron chi connectivity index (χ1n) is 6.57. The molecule has 1 fully saturated rings. The van der Waals surface area contributed by atoms with Crippen LogP contribution in [0.3, 0.4) is 0 Å². The Hall–Kier alpha value is -1.61. The summed E-state index contributed by atoms with van der Waals surface area (Å²) in [5.41, 5.74) is 2.33. The molecule has 1 aliphatic rings. The van der Waals surface area contributed by atoms with Crippen molar-refractivity contribution in [2.45, 2.75) is 31.8 Å². The van der Waals surface area contributed by atoms with Gasteiger partial charge < -0.3 is 5.11 Å². The number of hydrogen-bond acceptors (Lipinski definition) is 2. The molecule has 1 aromatic heterocycles. The lowest BCUT2D eigenvalue weighted by Gasteiger charge is -2.40. The number of rotatable bonds is 3. The molecule has 3 heteroatoms. The van der Waals surface area contributed by atoms with Crippen LogP contribution in [0.2, 0.25) is 0 Å². The fourth-order valence-corrected chi connectivity index (χ4v) is 2.87. The lowest BCUT2D eigenvalue weighted by molar-refractivity contribution is -0.000733. The van der Waals surface area contributed by atoms with Crippen molar-refractivity contribution in [3.63, 3.8) is 0 Å². The summed E-state index contributed by atoms with van der Waals surface area (Å²) >= 11 is 0. The average Bonchev–Trinajstić information content (AvgIpc) is 2.86. The van der Waals surface area contributed by atoms with Crippen LogP contribution in [0.5, 0.6) is 0 Å². The highest BCUT2D eigenvalue weighted by Gasteiger charge is 2.39. The summed E-state index contributed by atoms with van der Waals surface area (Å²) in [6.45, 7) is 2.14. The van der Waals surface area contributed by atoms with Crippen LogP contribution < -0.4 is 0 Å². The molecule has 0 spiro atoms. The second kappa shape index (κ2) is 4.58. The van der Waals surface area contributed by atoms with Crippen molar-refractivity contribution in [3.05, 3.63) is 48.3 Å². The molecule has 0 aliphatic heterocycles. The van der Waals surface area contributed by atoms with Crippen LogP contribution in [0.1, 0.15) is 31.2 Å². The van der Waals surface area contributed by atoms with E-state index >= 15 is 0 Å². The van der Waals surface area contributed by atoms with Gasteiger partial charge in [0.2, 0.25) is 0 Å². The van der Waals surface area contributed by atoms with Gasteiger partial charge in [-0.05, 0) is 36.0 Å². The minimum atomic E-state index is -0.125. The van der Waals surface area contributed by atoms with Gasteiger partial charge in [0, 0.05) is 6.20 Å². The Labute approximate surface area is 107 Å². The maximum absolute atomic E-state index is 9.74. The summed E-state index contributed by atoms with van der Waals surface area (Å²) in [6.07, 6.45) is 5.81. The van der Waals surface area contributed by atoms with Crippen molar-refractivity contribution in [2.24, 2.45) is 5.92 Å². The number of aromatic nitrogens is 2. The normalized spacial score (nSPS) is 26.9. The number of hydrogen-bond donors (Lipinski definition) is 1. The van der Waals surface area contributed by atoms with Crippen molar-refractivity contribution in [3.8, 4) is 5.69 Å². The number of aliphatic hydroxyl groups is 1. The molecule has 3 unspecified atom stereocenters. The number of benzene rings is 1. The van der Waals surface area contributed by atoms with E-state index in [-0.39, 0.29) is 6.10 Å². The Bertz CT molecular complexity index is 520. The van der Waals surface area contributed by atoms with Crippen molar-refractivity contribution >= 4 is 0 Å². The van der Waals surface area contributed by atoms with Crippen LogP contribution in [-0.4, -0.2) is 21.0 Å². The van der Waals surface area contributed by atoms with Gasteiger partial charge in [-0.2, -0.15) is 5.10 Å². The molecular formula is C15H18N2O. The zero-order chi connectivity index (χ0) is 12.5. The highest BCUT2D eigenvalue weighted by atomic mass is 16.3. The van der Waals surface area contributed by atoms with E-state index in [0.29, 0.717) is 11.8 Å². The minimum Gasteiger partial charge on any atom is -0.393 e. The highest BCUT2D eigenvalue weighted by Crippen LogP contribution is 2.44. The Balaban J connectivity index is 1.83. The first-order valence-corrected chi connectivity index (χ1v) is 6.57. The van der Waals surface area contributed by atoms with Crippen LogP contribution in [0.15, 0.2) is 42.7 Å². The second-order valence-electron chi connectivity index (χ2n) is 5.04. The van der Waals surface area contributed by atoms with Crippen LogP contribution >= 0.6 is 0 Å². The van der Waals surface area contributed by atoms with Gasteiger partial charge >= 0.3 is 0 Å². The Kier molecular flexibility index (Phi) is 2.92. The molecule has 18 heavy (non-hydrogen) atoms. The summed E-state index contributed by atoms with van der Waals surface area (Å²) in [5, 5.41) is 14.2. The summed E-state index contributed by atoms with van der Waals surface area (Å²) in [7, 11) is 0. The maximum atomic E-state index is 9.74. The molecule has 1 saturated carbocycles. The number of para-hydroxylation sites is 1. The van der Waals surface area contributed by atoms with E-state index in [1.165, 1.54) is 5.56 Å². The quantitative estimate of drug-likeness (QED) is 0.898. The van der Waals surface area contributed by atoms with Crippen molar-refractivity contribution < 1.29 is 5.11 Å². The molecule has 0 bridgehead atoms. The topological polar surface area (TPSA) is 38.1 Å². The lowest BCUT2D eigenvalue weighted by Crippen LogP contribution is -2.38.